The van der Waals surface area contributed by atoms with E-state index in [1.165, 1.54) is 10.9 Å². The molecule has 2 amide bonds. The Balaban J connectivity index is 1.22. The number of nitrogens with zero attached hydrogens (tertiary/aromatic N) is 6. The number of piperazine rings is 1. The number of rotatable bonds is 6. The van der Waals surface area contributed by atoms with Gasteiger partial charge in [0.1, 0.15) is 5.75 Å². The van der Waals surface area contributed by atoms with E-state index < -0.39 is 0 Å². The summed E-state index contributed by atoms with van der Waals surface area (Å²) in [4.78, 5) is 30.1. The van der Waals surface area contributed by atoms with Crippen molar-refractivity contribution in [3.05, 3.63) is 60.2 Å². The number of para-hydroxylation sites is 1. The van der Waals surface area contributed by atoms with Gasteiger partial charge in [0.05, 0.1) is 12.1 Å². The Labute approximate surface area is 179 Å². The Morgan fingerprint density at radius 2 is 1.58 bits per heavy atom. The molecular weight excluding hydrogens is 396 g/mol. The van der Waals surface area contributed by atoms with Crippen molar-refractivity contribution < 1.29 is 14.7 Å². The minimum atomic E-state index is -0.211. The lowest BCUT2D eigenvalue weighted by Crippen LogP contribution is -2.50. The molecule has 9 heteroatoms. The predicted octanol–water partition coefficient (Wildman–Crippen LogP) is 1.81. The Morgan fingerprint density at radius 1 is 0.903 bits per heavy atom. The van der Waals surface area contributed by atoms with Crippen LogP contribution in [-0.4, -0.2) is 73.1 Å². The number of amides is 2. The molecule has 1 aromatic heterocycles. The van der Waals surface area contributed by atoms with Gasteiger partial charge in [-0.2, -0.15) is 4.80 Å². The maximum absolute atomic E-state index is 12.6. The summed E-state index contributed by atoms with van der Waals surface area (Å²) in [6.45, 7) is 2.38. The molecule has 0 unspecified atom stereocenters. The van der Waals surface area contributed by atoms with Crippen molar-refractivity contribution in [1.82, 2.24) is 30.0 Å². The van der Waals surface area contributed by atoms with E-state index in [9.17, 15) is 14.7 Å². The van der Waals surface area contributed by atoms with Crippen LogP contribution in [-0.2, 0) is 11.3 Å². The third-order valence-corrected chi connectivity index (χ3v) is 5.29. The number of carbonyl (C=O) groups excluding carboxylic acids is 2. The molecule has 2 aromatic carbocycles. The highest BCUT2D eigenvalue weighted by Crippen LogP contribution is 2.19. The van der Waals surface area contributed by atoms with Crippen LogP contribution >= 0.6 is 0 Å². The van der Waals surface area contributed by atoms with E-state index in [-0.39, 0.29) is 23.1 Å². The summed E-state index contributed by atoms with van der Waals surface area (Å²) < 4.78 is 0. The lowest BCUT2D eigenvalue weighted by Gasteiger charge is -2.35. The fourth-order valence-electron chi connectivity index (χ4n) is 3.55. The molecule has 0 saturated carbocycles. The van der Waals surface area contributed by atoms with Crippen LogP contribution in [0, 0.1) is 0 Å². The third kappa shape index (κ3) is 4.88. The molecule has 3 aromatic rings. The fraction of sp³-hybridized carbons (Fsp3) is 0.318. The predicted molar refractivity (Wildman–Crippen MR) is 113 cm³/mol. The zero-order valence-corrected chi connectivity index (χ0v) is 17.1. The van der Waals surface area contributed by atoms with E-state index in [4.69, 9.17) is 0 Å². The molecule has 1 saturated heterocycles. The van der Waals surface area contributed by atoms with Crippen LogP contribution in [0.25, 0.3) is 11.4 Å². The van der Waals surface area contributed by atoms with Crippen LogP contribution in [0.2, 0.25) is 0 Å². The number of hydrogen-bond donors (Lipinski definition) is 1. The Kier molecular flexibility index (Phi) is 6.21. The molecule has 1 aliphatic rings. The van der Waals surface area contributed by atoms with Crippen LogP contribution in [0.3, 0.4) is 0 Å². The lowest BCUT2D eigenvalue weighted by molar-refractivity contribution is -0.132. The number of carbonyl (C=O) groups is 2. The minimum Gasteiger partial charge on any atom is -0.507 e. The van der Waals surface area contributed by atoms with Crippen LogP contribution in [0.4, 0.5) is 0 Å². The first-order chi connectivity index (χ1) is 15.1. The molecule has 0 bridgehead atoms. The fourth-order valence-corrected chi connectivity index (χ4v) is 3.55. The van der Waals surface area contributed by atoms with Gasteiger partial charge in [-0.3, -0.25) is 9.59 Å². The molecule has 9 nitrogen and oxygen atoms in total. The summed E-state index contributed by atoms with van der Waals surface area (Å²) >= 11 is 0. The SMILES string of the molecule is O=C(CCCn1nnc(-c2ccccc2)n1)N1CCN(C(=O)c2ccccc2O)CC1. The van der Waals surface area contributed by atoms with E-state index in [2.05, 4.69) is 15.4 Å². The number of aromatic nitrogens is 4. The number of tetrazole rings is 1. The van der Waals surface area contributed by atoms with E-state index in [0.29, 0.717) is 51.4 Å². The highest BCUT2D eigenvalue weighted by molar-refractivity contribution is 5.97. The van der Waals surface area contributed by atoms with E-state index >= 15 is 0 Å². The molecule has 2 heterocycles. The van der Waals surface area contributed by atoms with Crippen LogP contribution in [0.5, 0.6) is 5.75 Å². The first kappa shape index (κ1) is 20.5. The van der Waals surface area contributed by atoms with Gasteiger partial charge >= 0.3 is 0 Å². The van der Waals surface area contributed by atoms with Gasteiger partial charge in [0.25, 0.3) is 5.91 Å². The monoisotopic (exact) mass is 420 g/mol. The summed E-state index contributed by atoms with van der Waals surface area (Å²) in [5.74, 6) is 0.384. The first-order valence-electron chi connectivity index (χ1n) is 10.3. The standard InChI is InChI=1S/C22H24N6O3/c29-19-10-5-4-9-18(19)22(31)27-15-13-26(14-16-27)20(30)11-6-12-28-24-21(23-25-28)17-7-2-1-3-8-17/h1-5,7-10,29H,6,11-16H2. The van der Waals surface area contributed by atoms with E-state index in [1.807, 2.05) is 30.3 Å². The minimum absolute atomic E-state index is 0.0249. The van der Waals surface area contributed by atoms with Gasteiger partial charge in [-0.05, 0) is 23.8 Å². The van der Waals surface area contributed by atoms with Crippen molar-refractivity contribution in [3.63, 3.8) is 0 Å². The molecule has 0 aliphatic carbocycles. The van der Waals surface area contributed by atoms with Crippen molar-refractivity contribution in [1.29, 1.82) is 0 Å². The number of aryl methyl sites for hydroxylation is 1. The van der Waals surface area contributed by atoms with Gasteiger partial charge in [-0.15, -0.1) is 10.2 Å². The van der Waals surface area contributed by atoms with Gasteiger partial charge in [-0.25, -0.2) is 0 Å². The van der Waals surface area contributed by atoms with Crippen molar-refractivity contribution in [2.24, 2.45) is 0 Å². The summed E-state index contributed by atoms with van der Waals surface area (Å²) in [7, 11) is 0. The quantitative estimate of drug-likeness (QED) is 0.652. The first-order valence-corrected chi connectivity index (χ1v) is 10.3. The van der Waals surface area contributed by atoms with E-state index in [0.717, 1.165) is 5.56 Å². The molecule has 0 radical (unpaired) electrons. The van der Waals surface area contributed by atoms with Gasteiger partial charge in [0.15, 0.2) is 0 Å². The summed E-state index contributed by atoms with van der Waals surface area (Å²) in [6.07, 6.45) is 0.996. The number of phenolic OH excluding ortho intramolecular Hbond substituents is 1. The summed E-state index contributed by atoms with van der Waals surface area (Å²) in [5, 5.41) is 22.4. The molecule has 0 spiro atoms. The maximum Gasteiger partial charge on any atom is 0.257 e. The van der Waals surface area contributed by atoms with Crippen LogP contribution in [0.15, 0.2) is 54.6 Å². The molecule has 4 rings (SSSR count). The number of benzene rings is 2. The zero-order valence-electron chi connectivity index (χ0n) is 17.1. The summed E-state index contributed by atoms with van der Waals surface area (Å²) in [6, 6.07) is 16.1. The Bertz CT molecular complexity index is 1040. The van der Waals surface area contributed by atoms with Crippen LogP contribution in [0.1, 0.15) is 23.2 Å². The second-order valence-corrected chi connectivity index (χ2v) is 7.37. The molecule has 1 N–H and O–H groups in total. The Hall–Kier alpha value is -3.75. The van der Waals surface area contributed by atoms with Crippen molar-refractivity contribution >= 4 is 11.8 Å². The second kappa shape index (κ2) is 9.38. The van der Waals surface area contributed by atoms with Crippen molar-refractivity contribution in [3.8, 4) is 17.1 Å². The molecule has 1 aliphatic heterocycles. The maximum atomic E-state index is 12.6. The third-order valence-electron chi connectivity index (χ3n) is 5.29. The van der Waals surface area contributed by atoms with Gasteiger partial charge in [0, 0.05) is 38.2 Å². The van der Waals surface area contributed by atoms with Gasteiger partial charge < -0.3 is 14.9 Å². The topological polar surface area (TPSA) is 104 Å². The zero-order chi connectivity index (χ0) is 21.6. The van der Waals surface area contributed by atoms with Crippen LogP contribution < -0.4 is 0 Å². The largest absolute Gasteiger partial charge is 0.507 e. The van der Waals surface area contributed by atoms with Gasteiger partial charge in [0.2, 0.25) is 11.7 Å². The van der Waals surface area contributed by atoms with Crippen molar-refractivity contribution in [2.45, 2.75) is 19.4 Å². The average molecular weight is 420 g/mol. The highest BCUT2D eigenvalue weighted by atomic mass is 16.3. The number of hydrogen-bond acceptors (Lipinski definition) is 6. The highest BCUT2D eigenvalue weighted by Gasteiger charge is 2.25. The molecule has 31 heavy (non-hydrogen) atoms. The number of aromatic hydroxyl groups is 1. The molecule has 160 valence electrons. The lowest BCUT2D eigenvalue weighted by atomic mass is 10.1. The molecule has 1 fully saturated rings. The second-order valence-electron chi connectivity index (χ2n) is 7.37. The normalized spacial score (nSPS) is 13.9. The Morgan fingerprint density at radius 3 is 2.32 bits per heavy atom. The molecular formula is C22H24N6O3. The number of phenols is 1. The smallest absolute Gasteiger partial charge is 0.257 e. The summed E-state index contributed by atoms with van der Waals surface area (Å²) in [5.41, 5.74) is 1.19. The average Bonchev–Trinajstić information content (AvgIpc) is 3.28. The van der Waals surface area contributed by atoms with Gasteiger partial charge in [-0.1, -0.05) is 42.5 Å². The van der Waals surface area contributed by atoms with Crippen molar-refractivity contribution in [2.75, 3.05) is 26.2 Å². The van der Waals surface area contributed by atoms with E-state index in [1.54, 1.807) is 28.0 Å². The molecule has 0 atom stereocenters.